The number of rotatable bonds is 7. The van der Waals surface area contributed by atoms with E-state index in [9.17, 15) is 14.4 Å². The van der Waals surface area contributed by atoms with Gasteiger partial charge in [-0.1, -0.05) is 12.6 Å². The fourth-order valence-electron chi connectivity index (χ4n) is 1.40. The van der Waals surface area contributed by atoms with Gasteiger partial charge in [0.25, 0.3) is 0 Å². The second kappa shape index (κ2) is 6.93. The molecule has 0 heterocycles. The SMILES string of the molecule is C=CC(=O)OCCOc1cccc(C(=O)O)c1C(=O)O. The van der Waals surface area contributed by atoms with Gasteiger partial charge in [-0.2, -0.15) is 0 Å². The number of carboxylic acids is 2. The molecule has 0 bridgehead atoms. The van der Waals surface area contributed by atoms with Gasteiger partial charge in [-0.05, 0) is 12.1 Å². The molecule has 0 fully saturated rings. The van der Waals surface area contributed by atoms with Crippen molar-refractivity contribution in [3.05, 3.63) is 42.0 Å². The third-order valence-electron chi connectivity index (χ3n) is 2.22. The van der Waals surface area contributed by atoms with Crippen LogP contribution in [0.4, 0.5) is 0 Å². The van der Waals surface area contributed by atoms with E-state index in [0.29, 0.717) is 0 Å². The third kappa shape index (κ3) is 3.84. The molecule has 106 valence electrons. The van der Waals surface area contributed by atoms with E-state index in [4.69, 9.17) is 14.9 Å². The largest absolute Gasteiger partial charge is 0.489 e. The van der Waals surface area contributed by atoms with E-state index in [0.717, 1.165) is 12.1 Å². The molecule has 0 saturated carbocycles. The molecule has 0 aliphatic rings. The molecule has 0 aromatic heterocycles. The standard InChI is InChI=1S/C13H12O7/c1-2-10(14)20-7-6-19-9-5-3-4-8(12(15)16)11(9)13(17)18/h2-5H,1,6-7H2,(H,15,16)(H,17,18). The van der Waals surface area contributed by atoms with Crippen LogP contribution in [0.15, 0.2) is 30.9 Å². The fourth-order valence-corrected chi connectivity index (χ4v) is 1.40. The Morgan fingerprint density at radius 1 is 1.15 bits per heavy atom. The van der Waals surface area contributed by atoms with Crippen molar-refractivity contribution in [3.8, 4) is 5.75 Å². The first-order valence-corrected chi connectivity index (χ1v) is 5.49. The maximum Gasteiger partial charge on any atom is 0.340 e. The molecule has 0 aliphatic heterocycles. The van der Waals surface area contributed by atoms with Crippen molar-refractivity contribution >= 4 is 17.9 Å². The van der Waals surface area contributed by atoms with E-state index in [2.05, 4.69) is 11.3 Å². The van der Waals surface area contributed by atoms with Crippen molar-refractivity contribution in [2.24, 2.45) is 0 Å². The number of hydrogen-bond donors (Lipinski definition) is 2. The van der Waals surface area contributed by atoms with Gasteiger partial charge in [0, 0.05) is 6.08 Å². The summed E-state index contributed by atoms with van der Waals surface area (Å²) in [5, 5.41) is 18.0. The van der Waals surface area contributed by atoms with Crippen molar-refractivity contribution in [1.29, 1.82) is 0 Å². The minimum atomic E-state index is -1.42. The van der Waals surface area contributed by atoms with E-state index < -0.39 is 23.5 Å². The number of carbonyl (C=O) groups is 3. The van der Waals surface area contributed by atoms with Gasteiger partial charge in [-0.15, -0.1) is 0 Å². The summed E-state index contributed by atoms with van der Waals surface area (Å²) in [5.41, 5.74) is -0.826. The molecule has 1 aromatic carbocycles. The summed E-state index contributed by atoms with van der Waals surface area (Å²) in [6.07, 6.45) is 0.980. The number of esters is 1. The average Bonchev–Trinajstić information content (AvgIpc) is 2.42. The first-order chi connectivity index (χ1) is 9.47. The summed E-state index contributed by atoms with van der Waals surface area (Å²) >= 11 is 0. The minimum Gasteiger partial charge on any atom is -0.489 e. The highest BCUT2D eigenvalue weighted by atomic mass is 16.6. The van der Waals surface area contributed by atoms with Crippen LogP contribution in [-0.4, -0.2) is 41.3 Å². The van der Waals surface area contributed by atoms with Crippen LogP contribution in [0.3, 0.4) is 0 Å². The van der Waals surface area contributed by atoms with Gasteiger partial charge in [-0.25, -0.2) is 14.4 Å². The molecule has 1 rings (SSSR count). The van der Waals surface area contributed by atoms with Crippen molar-refractivity contribution in [2.45, 2.75) is 0 Å². The summed E-state index contributed by atoms with van der Waals surface area (Å²) in [6, 6.07) is 3.85. The van der Waals surface area contributed by atoms with Gasteiger partial charge in [0.1, 0.15) is 24.5 Å². The number of benzene rings is 1. The van der Waals surface area contributed by atoms with Crippen LogP contribution in [0.5, 0.6) is 5.75 Å². The van der Waals surface area contributed by atoms with Crippen LogP contribution in [0.2, 0.25) is 0 Å². The zero-order valence-corrected chi connectivity index (χ0v) is 10.4. The lowest BCUT2D eigenvalue weighted by atomic mass is 10.1. The molecule has 0 radical (unpaired) electrons. The van der Waals surface area contributed by atoms with Crippen molar-refractivity contribution in [2.75, 3.05) is 13.2 Å². The molecule has 0 unspecified atom stereocenters. The van der Waals surface area contributed by atoms with Crippen LogP contribution in [0.25, 0.3) is 0 Å². The predicted molar refractivity (Wildman–Crippen MR) is 67.0 cm³/mol. The van der Waals surface area contributed by atoms with Crippen molar-refractivity contribution in [1.82, 2.24) is 0 Å². The molecule has 1 aromatic rings. The van der Waals surface area contributed by atoms with Crippen LogP contribution < -0.4 is 4.74 Å². The third-order valence-corrected chi connectivity index (χ3v) is 2.22. The highest BCUT2D eigenvalue weighted by molar-refractivity contribution is 6.03. The Morgan fingerprint density at radius 3 is 2.40 bits per heavy atom. The lowest BCUT2D eigenvalue weighted by Crippen LogP contribution is -2.14. The highest BCUT2D eigenvalue weighted by Gasteiger charge is 2.20. The zero-order valence-electron chi connectivity index (χ0n) is 10.4. The Labute approximate surface area is 114 Å². The summed E-state index contributed by atoms with van der Waals surface area (Å²) in [6.45, 7) is 2.99. The first kappa shape index (κ1) is 15.2. The van der Waals surface area contributed by atoms with Gasteiger partial charge >= 0.3 is 17.9 Å². The van der Waals surface area contributed by atoms with Crippen molar-refractivity contribution < 1.29 is 34.1 Å². The van der Waals surface area contributed by atoms with Gasteiger partial charge in [0.15, 0.2) is 0 Å². The van der Waals surface area contributed by atoms with E-state index in [-0.39, 0.29) is 24.5 Å². The first-order valence-electron chi connectivity index (χ1n) is 5.49. The molecule has 0 spiro atoms. The Kier molecular flexibility index (Phi) is 5.28. The second-order valence-corrected chi connectivity index (χ2v) is 3.51. The quantitative estimate of drug-likeness (QED) is 0.438. The zero-order chi connectivity index (χ0) is 15.1. The maximum absolute atomic E-state index is 11.1. The van der Waals surface area contributed by atoms with Crippen molar-refractivity contribution in [3.63, 3.8) is 0 Å². The molecule has 2 N–H and O–H groups in total. The molecular formula is C13H12O7. The maximum atomic E-state index is 11.1. The number of ether oxygens (including phenoxy) is 2. The topological polar surface area (TPSA) is 110 Å². The number of hydrogen-bond acceptors (Lipinski definition) is 5. The molecule has 7 nitrogen and oxygen atoms in total. The summed E-state index contributed by atoms with van der Waals surface area (Å²) < 4.78 is 9.77. The van der Waals surface area contributed by atoms with Crippen LogP contribution in [-0.2, 0) is 9.53 Å². The van der Waals surface area contributed by atoms with E-state index in [1.54, 1.807) is 0 Å². The average molecular weight is 280 g/mol. The van der Waals surface area contributed by atoms with Gasteiger partial charge in [0.05, 0.1) is 5.56 Å². The van der Waals surface area contributed by atoms with Gasteiger partial charge in [0.2, 0.25) is 0 Å². The molecule has 7 heteroatoms. The van der Waals surface area contributed by atoms with E-state index in [1.807, 2.05) is 0 Å². The Hall–Kier alpha value is -2.83. The Balaban J connectivity index is 2.82. The Bertz CT molecular complexity index is 548. The summed E-state index contributed by atoms with van der Waals surface area (Å²) in [4.78, 5) is 32.8. The minimum absolute atomic E-state index is 0.105. The number of aromatic carboxylic acids is 2. The van der Waals surface area contributed by atoms with Crippen LogP contribution in [0, 0.1) is 0 Å². The van der Waals surface area contributed by atoms with E-state index >= 15 is 0 Å². The smallest absolute Gasteiger partial charge is 0.340 e. The summed E-state index contributed by atoms with van der Waals surface area (Å²) in [7, 11) is 0. The molecule has 0 saturated heterocycles. The van der Waals surface area contributed by atoms with Crippen LogP contribution in [0.1, 0.15) is 20.7 Å². The molecule has 20 heavy (non-hydrogen) atoms. The number of carboxylic acid groups (broad SMARTS) is 2. The second-order valence-electron chi connectivity index (χ2n) is 3.51. The predicted octanol–water partition coefficient (Wildman–Crippen LogP) is 1.19. The fraction of sp³-hybridized carbons (Fsp3) is 0.154. The molecule has 0 amide bonds. The Morgan fingerprint density at radius 2 is 1.85 bits per heavy atom. The monoisotopic (exact) mass is 280 g/mol. The molecule has 0 aliphatic carbocycles. The molecular weight excluding hydrogens is 268 g/mol. The highest BCUT2D eigenvalue weighted by Crippen LogP contribution is 2.22. The molecule has 0 atom stereocenters. The summed E-state index contributed by atoms with van der Waals surface area (Å²) in [5.74, 6) is -3.52. The lowest BCUT2D eigenvalue weighted by molar-refractivity contribution is -0.138. The normalized spacial score (nSPS) is 9.60. The lowest BCUT2D eigenvalue weighted by Gasteiger charge is -2.10. The number of carbonyl (C=O) groups excluding carboxylic acids is 1. The van der Waals surface area contributed by atoms with E-state index in [1.165, 1.54) is 12.1 Å². The van der Waals surface area contributed by atoms with Gasteiger partial charge < -0.3 is 19.7 Å². The van der Waals surface area contributed by atoms with Gasteiger partial charge in [-0.3, -0.25) is 0 Å². The van der Waals surface area contributed by atoms with Crippen LogP contribution >= 0.6 is 0 Å².